The van der Waals surface area contributed by atoms with Crippen LogP contribution >= 0.6 is 11.6 Å². The van der Waals surface area contributed by atoms with Crippen molar-refractivity contribution in [3.63, 3.8) is 0 Å². The van der Waals surface area contributed by atoms with Gasteiger partial charge < -0.3 is 10.0 Å². The molecule has 1 aromatic heterocycles. The van der Waals surface area contributed by atoms with E-state index in [0.717, 1.165) is 5.82 Å². The minimum absolute atomic E-state index is 0.137. The molecule has 4 nitrogen and oxygen atoms in total. The van der Waals surface area contributed by atoms with Crippen LogP contribution in [0.25, 0.3) is 0 Å². The lowest BCUT2D eigenvalue weighted by Gasteiger charge is -2.38. The standard InChI is InChI=1S/C10H14ClN3O/c11-9-6-10(13-7-12-9)14(4-5-15)8-2-1-3-8/h6-8,15H,1-5H2. The predicted octanol–water partition coefficient (Wildman–Crippen LogP) is 1.48. The van der Waals surface area contributed by atoms with Crippen molar-refractivity contribution in [3.8, 4) is 0 Å². The molecule has 1 fully saturated rings. The van der Waals surface area contributed by atoms with Gasteiger partial charge in [0.1, 0.15) is 17.3 Å². The largest absolute Gasteiger partial charge is 0.395 e. The normalized spacial score (nSPS) is 16.1. The van der Waals surface area contributed by atoms with Gasteiger partial charge in [-0.05, 0) is 19.3 Å². The highest BCUT2D eigenvalue weighted by atomic mass is 35.5. The molecular weight excluding hydrogens is 214 g/mol. The average Bonchev–Trinajstić information content (AvgIpc) is 2.14. The van der Waals surface area contributed by atoms with Crippen molar-refractivity contribution in [1.29, 1.82) is 0 Å². The van der Waals surface area contributed by atoms with Crippen LogP contribution in [0.5, 0.6) is 0 Å². The van der Waals surface area contributed by atoms with Gasteiger partial charge in [-0.15, -0.1) is 0 Å². The SMILES string of the molecule is OCCN(c1cc(Cl)ncn1)C1CCC1. The molecule has 1 aromatic rings. The van der Waals surface area contributed by atoms with E-state index in [2.05, 4.69) is 14.9 Å². The Balaban J connectivity index is 2.15. The van der Waals surface area contributed by atoms with E-state index in [1.54, 1.807) is 6.07 Å². The average molecular weight is 228 g/mol. The number of aliphatic hydroxyl groups excluding tert-OH is 1. The summed E-state index contributed by atoms with van der Waals surface area (Å²) in [6, 6.07) is 2.25. The number of aliphatic hydroxyl groups is 1. The van der Waals surface area contributed by atoms with E-state index in [4.69, 9.17) is 16.7 Å². The Morgan fingerprint density at radius 1 is 1.47 bits per heavy atom. The Morgan fingerprint density at radius 3 is 2.80 bits per heavy atom. The van der Waals surface area contributed by atoms with Gasteiger partial charge in [-0.2, -0.15) is 0 Å². The number of anilines is 1. The van der Waals surface area contributed by atoms with Crippen molar-refractivity contribution in [3.05, 3.63) is 17.5 Å². The summed E-state index contributed by atoms with van der Waals surface area (Å²) in [4.78, 5) is 10.1. The molecule has 0 spiro atoms. The molecule has 0 aromatic carbocycles. The van der Waals surface area contributed by atoms with Gasteiger partial charge in [0.2, 0.25) is 0 Å². The summed E-state index contributed by atoms with van der Waals surface area (Å²) in [6.07, 6.45) is 5.05. The van der Waals surface area contributed by atoms with Crippen molar-refractivity contribution in [2.75, 3.05) is 18.1 Å². The monoisotopic (exact) mass is 227 g/mol. The van der Waals surface area contributed by atoms with Crippen LogP contribution in [0.4, 0.5) is 5.82 Å². The zero-order chi connectivity index (χ0) is 10.7. The molecule has 0 aliphatic heterocycles. The third-order valence-electron chi connectivity index (χ3n) is 2.77. The van der Waals surface area contributed by atoms with Crippen LogP contribution < -0.4 is 4.90 Å². The van der Waals surface area contributed by atoms with Crippen molar-refractivity contribution in [2.45, 2.75) is 25.3 Å². The van der Waals surface area contributed by atoms with Crippen LogP contribution in [0.1, 0.15) is 19.3 Å². The maximum Gasteiger partial charge on any atom is 0.134 e. The fraction of sp³-hybridized carbons (Fsp3) is 0.600. The molecule has 2 rings (SSSR count). The van der Waals surface area contributed by atoms with E-state index in [9.17, 15) is 0 Å². The van der Waals surface area contributed by atoms with E-state index >= 15 is 0 Å². The van der Waals surface area contributed by atoms with Crippen LogP contribution in [-0.2, 0) is 0 Å². The second-order valence-corrected chi connectivity index (χ2v) is 4.09. The predicted molar refractivity (Wildman–Crippen MR) is 59.1 cm³/mol. The molecule has 0 radical (unpaired) electrons. The first-order valence-electron chi connectivity index (χ1n) is 5.16. The minimum atomic E-state index is 0.137. The summed E-state index contributed by atoms with van der Waals surface area (Å²) >= 11 is 5.81. The number of nitrogens with zero attached hydrogens (tertiary/aromatic N) is 3. The number of aromatic nitrogens is 2. The lowest BCUT2D eigenvalue weighted by atomic mass is 9.91. The smallest absolute Gasteiger partial charge is 0.134 e. The highest BCUT2D eigenvalue weighted by Crippen LogP contribution is 2.28. The molecule has 15 heavy (non-hydrogen) atoms. The summed E-state index contributed by atoms with van der Waals surface area (Å²) in [5.74, 6) is 0.814. The van der Waals surface area contributed by atoms with E-state index in [1.165, 1.54) is 25.6 Å². The highest BCUT2D eigenvalue weighted by Gasteiger charge is 2.25. The Bertz CT molecular complexity index is 330. The molecule has 1 N–H and O–H groups in total. The van der Waals surface area contributed by atoms with E-state index in [-0.39, 0.29) is 6.61 Å². The van der Waals surface area contributed by atoms with E-state index in [1.807, 2.05) is 0 Å². The van der Waals surface area contributed by atoms with E-state index in [0.29, 0.717) is 17.7 Å². The first-order valence-corrected chi connectivity index (χ1v) is 5.54. The molecular formula is C10H14ClN3O. The first kappa shape index (κ1) is 10.6. The summed E-state index contributed by atoms with van der Waals surface area (Å²) in [5, 5.41) is 9.46. The Morgan fingerprint density at radius 2 is 2.27 bits per heavy atom. The van der Waals surface area contributed by atoms with Crippen LogP contribution in [0.15, 0.2) is 12.4 Å². The fourth-order valence-corrected chi connectivity index (χ4v) is 1.91. The number of rotatable bonds is 4. The molecule has 1 aliphatic carbocycles. The van der Waals surface area contributed by atoms with Gasteiger partial charge in [-0.25, -0.2) is 9.97 Å². The molecule has 0 unspecified atom stereocenters. The van der Waals surface area contributed by atoms with Gasteiger partial charge in [0.15, 0.2) is 0 Å². The van der Waals surface area contributed by atoms with Crippen LogP contribution in [0, 0.1) is 0 Å². The summed E-state index contributed by atoms with van der Waals surface area (Å²) in [5.41, 5.74) is 0. The summed E-state index contributed by atoms with van der Waals surface area (Å²) in [7, 11) is 0. The van der Waals surface area contributed by atoms with Gasteiger partial charge in [0, 0.05) is 18.7 Å². The molecule has 0 saturated heterocycles. The molecule has 1 aliphatic rings. The van der Waals surface area contributed by atoms with Gasteiger partial charge in [-0.3, -0.25) is 0 Å². The summed E-state index contributed by atoms with van der Waals surface area (Å²) in [6.45, 7) is 0.746. The van der Waals surface area contributed by atoms with Gasteiger partial charge >= 0.3 is 0 Å². The Hall–Kier alpha value is -0.870. The topological polar surface area (TPSA) is 49.2 Å². The number of halogens is 1. The third kappa shape index (κ3) is 2.38. The van der Waals surface area contributed by atoms with Gasteiger partial charge in [-0.1, -0.05) is 11.6 Å². The summed E-state index contributed by atoms with van der Waals surface area (Å²) < 4.78 is 0. The Kier molecular flexibility index (Phi) is 3.38. The second-order valence-electron chi connectivity index (χ2n) is 3.70. The van der Waals surface area contributed by atoms with Crippen LogP contribution in [0.3, 0.4) is 0 Å². The molecule has 1 heterocycles. The van der Waals surface area contributed by atoms with Crippen LogP contribution in [-0.4, -0.2) is 34.3 Å². The molecule has 0 amide bonds. The van der Waals surface area contributed by atoms with Crippen molar-refractivity contribution in [1.82, 2.24) is 9.97 Å². The number of hydrogen-bond acceptors (Lipinski definition) is 4. The zero-order valence-electron chi connectivity index (χ0n) is 8.43. The molecule has 0 atom stereocenters. The van der Waals surface area contributed by atoms with Crippen molar-refractivity contribution >= 4 is 17.4 Å². The fourth-order valence-electron chi connectivity index (χ4n) is 1.77. The van der Waals surface area contributed by atoms with Crippen molar-refractivity contribution < 1.29 is 5.11 Å². The maximum atomic E-state index is 9.02. The first-order chi connectivity index (χ1) is 7.31. The van der Waals surface area contributed by atoms with Crippen molar-refractivity contribution in [2.24, 2.45) is 0 Å². The zero-order valence-corrected chi connectivity index (χ0v) is 9.19. The minimum Gasteiger partial charge on any atom is -0.395 e. The van der Waals surface area contributed by atoms with E-state index < -0.39 is 0 Å². The molecule has 1 saturated carbocycles. The van der Waals surface area contributed by atoms with Gasteiger partial charge in [0.05, 0.1) is 6.61 Å². The Labute approximate surface area is 93.9 Å². The van der Waals surface area contributed by atoms with Crippen LogP contribution in [0.2, 0.25) is 5.15 Å². The lowest BCUT2D eigenvalue weighted by molar-refractivity contribution is 0.283. The molecule has 0 bridgehead atoms. The third-order valence-corrected chi connectivity index (χ3v) is 2.98. The molecule has 5 heteroatoms. The highest BCUT2D eigenvalue weighted by molar-refractivity contribution is 6.29. The lowest BCUT2D eigenvalue weighted by Crippen LogP contribution is -2.42. The number of hydrogen-bond donors (Lipinski definition) is 1. The van der Waals surface area contributed by atoms with Gasteiger partial charge in [0.25, 0.3) is 0 Å². The maximum absolute atomic E-state index is 9.02. The molecule has 82 valence electrons. The second kappa shape index (κ2) is 4.77. The quantitative estimate of drug-likeness (QED) is 0.792.